The molecule has 0 aromatic carbocycles. The van der Waals surface area contributed by atoms with Crippen LogP contribution in [0, 0.1) is 0 Å². The molecule has 1 N–H and O–H groups in total. The number of rotatable bonds is 5. The third-order valence-corrected chi connectivity index (χ3v) is 3.57. The van der Waals surface area contributed by atoms with Crippen molar-refractivity contribution in [3.05, 3.63) is 10.6 Å². The fraction of sp³-hybridized carbons (Fsp3) is 0.556. The lowest BCUT2D eigenvalue weighted by Gasteiger charge is -2.33. The van der Waals surface area contributed by atoms with Gasteiger partial charge in [-0.2, -0.15) is 0 Å². The van der Waals surface area contributed by atoms with Crippen LogP contribution in [0.25, 0.3) is 0 Å². The van der Waals surface area contributed by atoms with Gasteiger partial charge in [-0.15, -0.1) is 0 Å². The Bertz CT molecular complexity index is 367. The Morgan fingerprint density at radius 3 is 3.00 bits per heavy atom. The Morgan fingerprint density at radius 1 is 1.69 bits per heavy atom. The molecule has 0 spiro atoms. The zero-order valence-corrected chi connectivity index (χ0v) is 9.45. The molecule has 2 rings (SSSR count). The van der Waals surface area contributed by atoms with Crippen LogP contribution in [0.1, 0.15) is 6.42 Å². The summed E-state index contributed by atoms with van der Waals surface area (Å²) in [6.45, 7) is 0.274. The van der Waals surface area contributed by atoms with E-state index in [0.717, 1.165) is 0 Å². The van der Waals surface area contributed by atoms with Crippen LogP contribution in [0.5, 0.6) is 0 Å². The Balaban J connectivity index is 2.09. The number of aliphatic carboxylic acids is 1. The number of hydrogen-bond acceptors (Lipinski definition) is 5. The number of nitrogens with zero attached hydrogens (tertiary/aromatic N) is 1. The number of fused-ring (bicyclic) bond motifs is 1. The molecule has 0 radical (unpaired) electrons. The maximum Gasteiger partial charge on any atom is 0.353 e. The normalized spacial score (nSPS) is 23.4. The van der Waals surface area contributed by atoms with Crippen molar-refractivity contribution in [1.29, 1.82) is 0 Å². The van der Waals surface area contributed by atoms with Crippen LogP contribution in [-0.4, -0.2) is 47.8 Å². The number of thioether (sulfide) groups is 1. The first-order chi connectivity index (χ1) is 7.65. The molecule has 2 heterocycles. The topological polar surface area (TPSA) is 76.1 Å². The SMILES string of the molecule is COCOCC1=C(C(=O)O)N2C(=O)CC2S1. The Hall–Kier alpha value is -1.05. The number of carbonyl (C=O) groups excluding carboxylic acids is 1. The third-order valence-electron chi connectivity index (χ3n) is 2.33. The smallest absolute Gasteiger partial charge is 0.353 e. The summed E-state index contributed by atoms with van der Waals surface area (Å²) in [5.41, 5.74) is 0.0577. The zero-order chi connectivity index (χ0) is 11.7. The Morgan fingerprint density at radius 2 is 2.44 bits per heavy atom. The molecule has 88 valence electrons. The predicted molar refractivity (Wildman–Crippen MR) is 55.3 cm³/mol. The summed E-state index contributed by atoms with van der Waals surface area (Å²) < 4.78 is 9.81. The number of carbonyl (C=O) groups is 2. The molecule has 1 unspecified atom stereocenters. The van der Waals surface area contributed by atoms with Gasteiger partial charge in [0.25, 0.3) is 0 Å². The molecule has 2 aliphatic rings. The molecule has 1 atom stereocenters. The monoisotopic (exact) mass is 245 g/mol. The number of methoxy groups -OCH3 is 1. The minimum Gasteiger partial charge on any atom is -0.477 e. The van der Waals surface area contributed by atoms with E-state index in [1.165, 1.54) is 23.8 Å². The van der Waals surface area contributed by atoms with Gasteiger partial charge in [-0.05, 0) is 0 Å². The molecule has 1 saturated heterocycles. The molecule has 0 aromatic rings. The van der Waals surface area contributed by atoms with Crippen molar-refractivity contribution in [3.63, 3.8) is 0 Å². The fourth-order valence-electron chi connectivity index (χ4n) is 1.65. The summed E-state index contributed by atoms with van der Waals surface area (Å²) in [7, 11) is 1.49. The standard InChI is InChI=1S/C9H11NO5S/c1-14-4-15-3-5-8(9(12)13)10-6(11)2-7(10)16-5/h7H,2-4H2,1H3,(H,12,13). The predicted octanol–water partition coefficient (Wildman–Crippen LogP) is 0.208. The molecule has 0 saturated carbocycles. The van der Waals surface area contributed by atoms with E-state index in [1.54, 1.807) is 0 Å². The molecular formula is C9H11NO5S. The highest BCUT2D eigenvalue weighted by molar-refractivity contribution is 8.04. The highest BCUT2D eigenvalue weighted by Crippen LogP contribution is 2.45. The van der Waals surface area contributed by atoms with E-state index >= 15 is 0 Å². The molecule has 0 bridgehead atoms. The second-order valence-electron chi connectivity index (χ2n) is 3.37. The summed E-state index contributed by atoms with van der Waals surface area (Å²) in [5.74, 6) is -1.23. The molecule has 0 aliphatic carbocycles. The van der Waals surface area contributed by atoms with Gasteiger partial charge in [-0.1, -0.05) is 11.8 Å². The average Bonchev–Trinajstić information content (AvgIpc) is 2.52. The van der Waals surface area contributed by atoms with Crippen molar-refractivity contribution in [2.45, 2.75) is 11.8 Å². The van der Waals surface area contributed by atoms with Gasteiger partial charge in [-0.25, -0.2) is 4.79 Å². The maximum absolute atomic E-state index is 11.3. The number of carboxylic acid groups (broad SMARTS) is 1. The minimum absolute atomic E-state index is 0.0558. The molecule has 16 heavy (non-hydrogen) atoms. The Kier molecular flexibility index (Phi) is 3.17. The van der Waals surface area contributed by atoms with E-state index < -0.39 is 5.97 Å². The maximum atomic E-state index is 11.3. The summed E-state index contributed by atoms with van der Waals surface area (Å²) in [4.78, 5) is 24.2. The zero-order valence-electron chi connectivity index (χ0n) is 8.63. The highest BCUT2D eigenvalue weighted by atomic mass is 32.2. The van der Waals surface area contributed by atoms with Crippen molar-refractivity contribution in [1.82, 2.24) is 4.90 Å². The minimum atomic E-state index is -1.08. The third kappa shape index (κ3) is 1.81. The van der Waals surface area contributed by atoms with Crippen LogP contribution in [0.15, 0.2) is 10.6 Å². The first-order valence-electron chi connectivity index (χ1n) is 4.67. The molecule has 1 amide bonds. The summed E-state index contributed by atoms with van der Waals surface area (Å²) in [6.07, 6.45) is 0.398. The van der Waals surface area contributed by atoms with E-state index in [1.807, 2.05) is 0 Å². The average molecular weight is 245 g/mol. The van der Waals surface area contributed by atoms with Crippen LogP contribution < -0.4 is 0 Å². The second kappa shape index (κ2) is 4.44. The lowest BCUT2D eigenvalue weighted by Crippen LogP contribution is -2.48. The summed E-state index contributed by atoms with van der Waals surface area (Å²) >= 11 is 1.37. The lowest BCUT2D eigenvalue weighted by molar-refractivity contribution is -0.145. The van der Waals surface area contributed by atoms with Gasteiger partial charge in [-0.3, -0.25) is 9.69 Å². The summed E-state index contributed by atoms with van der Waals surface area (Å²) in [5, 5.41) is 8.97. The molecule has 2 aliphatic heterocycles. The quantitative estimate of drug-likeness (QED) is 0.424. The fourth-order valence-corrected chi connectivity index (χ4v) is 2.98. The molecule has 7 heteroatoms. The van der Waals surface area contributed by atoms with Crippen LogP contribution >= 0.6 is 11.8 Å². The molecule has 1 fully saturated rings. The van der Waals surface area contributed by atoms with Gasteiger partial charge in [0.05, 0.1) is 18.4 Å². The molecular weight excluding hydrogens is 234 g/mol. The highest BCUT2D eigenvalue weighted by Gasteiger charge is 2.48. The molecule has 0 aromatic heterocycles. The van der Waals surface area contributed by atoms with E-state index in [2.05, 4.69) is 0 Å². The first-order valence-corrected chi connectivity index (χ1v) is 5.55. The summed E-state index contributed by atoms with van der Waals surface area (Å²) in [6, 6.07) is 0. The first kappa shape index (κ1) is 11.4. The van der Waals surface area contributed by atoms with E-state index in [-0.39, 0.29) is 30.4 Å². The number of β-lactam (4-membered cyclic amide) rings is 1. The van der Waals surface area contributed by atoms with Gasteiger partial charge in [0, 0.05) is 12.0 Å². The van der Waals surface area contributed by atoms with Crippen LogP contribution in [0.2, 0.25) is 0 Å². The van der Waals surface area contributed by atoms with Crippen molar-refractivity contribution in [3.8, 4) is 0 Å². The van der Waals surface area contributed by atoms with Gasteiger partial charge in [0.1, 0.15) is 12.5 Å². The Labute approximate surface area is 96.2 Å². The van der Waals surface area contributed by atoms with Crippen molar-refractivity contribution < 1.29 is 24.2 Å². The van der Waals surface area contributed by atoms with Gasteiger partial charge in [0.15, 0.2) is 0 Å². The van der Waals surface area contributed by atoms with Crippen molar-refractivity contribution in [2.75, 3.05) is 20.5 Å². The lowest BCUT2D eigenvalue weighted by atomic mass is 10.1. The molecule has 6 nitrogen and oxygen atoms in total. The van der Waals surface area contributed by atoms with Crippen LogP contribution in [-0.2, 0) is 19.1 Å². The second-order valence-corrected chi connectivity index (χ2v) is 4.64. The number of carboxylic acids is 1. The number of hydrogen-bond donors (Lipinski definition) is 1. The van der Waals surface area contributed by atoms with Crippen molar-refractivity contribution >= 4 is 23.6 Å². The number of amides is 1. The van der Waals surface area contributed by atoms with Gasteiger partial charge < -0.3 is 14.6 Å². The van der Waals surface area contributed by atoms with E-state index in [0.29, 0.717) is 11.3 Å². The largest absolute Gasteiger partial charge is 0.477 e. The van der Waals surface area contributed by atoms with E-state index in [4.69, 9.17) is 14.6 Å². The van der Waals surface area contributed by atoms with Crippen LogP contribution in [0.3, 0.4) is 0 Å². The number of ether oxygens (including phenoxy) is 2. The van der Waals surface area contributed by atoms with E-state index in [9.17, 15) is 9.59 Å². The van der Waals surface area contributed by atoms with Crippen molar-refractivity contribution in [2.24, 2.45) is 0 Å². The van der Waals surface area contributed by atoms with Crippen LogP contribution in [0.4, 0.5) is 0 Å². The van der Waals surface area contributed by atoms with Gasteiger partial charge >= 0.3 is 5.97 Å². The van der Waals surface area contributed by atoms with Gasteiger partial charge in [0.2, 0.25) is 5.91 Å².